The van der Waals surface area contributed by atoms with Gasteiger partial charge in [-0.15, -0.1) is 0 Å². The number of carboxylic acid groups (broad SMARTS) is 1. The zero-order valence-electron chi connectivity index (χ0n) is 11.9. The first-order chi connectivity index (χ1) is 11.0. The molecule has 0 bridgehead atoms. The van der Waals surface area contributed by atoms with Crippen LogP contribution in [0, 0.1) is 0 Å². The number of ether oxygens (including phenoxy) is 1. The molecule has 7 heteroatoms. The average molecular weight is 338 g/mol. The highest BCUT2D eigenvalue weighted by Gasteiger charge is 2.21. The second-order valence-electron chi connectivity index (χ2n) is 4.63. The summed E-state index contributed by atoms with van der Waals surface area (Å²) in [7, 11) is 0. The lowest BCUT2D eigenvalue weighted by molar-refractivity contribution is -0.139. The van der Waals surface area contributed by atoms with Gasteiger partial charge in [0.1, 0.15) is 5.75 Å². The van der Waals surface area contributed by atoms with Crippen molar-refractivity contribution in [2.45, 2.75) is 6.54 Å². The number of carbonyl (C=O) groups is 2. The SMILES string of the molecule is O=C(O)COc1cc(Cl)ccc1C(=O)N(F)Cc1ccccc1. The topological polar surface area (TPSA) is 66.8 Å². The molecule has 2 aromatic carbocycles. The van der Waals surface area contributed by atoms with Crippen molar-refractivity contribution in [3.8, 4) is 5.75 Å². The Bertz CT molecular complexity index is 708. The molecule has 2 rings (SSSR count). The van der Waals surface area contributed by atoms with E-state index in [4.69, 9.17) is 21.4 Å². The molecule has 1 amide bonds. The minimum atomic E-state index is -1.22. The van der Waals surface area contributed by atoms with Crippen LogP contribution in [0.2, 0.25) is 5.02 Å². The van der Waals surface area contributed by atoms with Gasteiger partial charge in [-0.25, -0.2) is 4.79 Å². The number of aliphatic carboxylic acids is 1. The minimum Gasteiger partial charge on any atom is -0.481 e. The number of carbonyl (C=O) groups excluding carboxylic acids is 1. The fraction of sp³-hybridized carbons (Fsp3) is 0.125. The fourth-order valence-corrected chi connectivity index (χ4v) is 2.04. The highest BCUT2D eigenvalue weighted by atomic mass is 35.5. The van der Waals surface area contributed by atoms with Gasteiger partial charge in [0.05, 0.1) is 12.1 Å². The van der Waals surface area contributed by atoms with Gasteiger partial charge in [0.25, 0.3) is 5.91 Å². The van der Waals surface area contributed by atoms with Gasteiger partial charge in [0, 0.05) is 5.02 Å². The molecule has 0 aliphatic rings. The van der Waals surface area contributed by atoms with E-state index in [1.165, 1.54) is 18.2 Å². The van der Waals surface area contributed by atoms with Gasteiger partial charge >= 0.3 is 5.97 Å². The van der Waals surface area contributed by atoms with E-state index < -0.39 is 18.5 Å². The van der Waals surface area contributed by atoms with Crippen LogP contribution in [0.3, 0.4) is 0 Å². The molecule has 0 spiro atoms. The number of benzene rings is 2. The van der Waals surface area contributed by atoms with Gasteiger partial charge in [0.15, 0.2) is 6.61 Å². The highest BCUT2D eigenvalue weighted by molar-refractivity contribution is 6.30. The summed E-state index contributed by atoms with van der Waals surface area (Å²) in [5, 5.41) is 8.93. The minimum absolute atomic E-state index is 0.0339. The standard InChI is InChI=1S/C16H13ClFNO4/c17-12-6-7-13(14(8-12)23-10-15(20)21)16(22)19(18)9-11-4-2-1-3-5-11/h1-8H,9-10H2,(H,20,21). The largest absolute Gasteiger partial charge is 0.481 e. The molecule has 0 saturated heterocycles. The monoisotopic (exact) mass is 337 g/mol. The number of carboxylic acids is 1. The van der Waals surface area contributed by atoms with Gasteiger partial charge in [-0.1, -0.05) is 46.4 Å². The van der Waals surface area contributed by atoms with E-state index in [2.05, 4.69) is 0 Å². The van der Waals surface area contributed by atoms with Crippen LogP contribution >= 0.6 is 11.6 Å². The zero-order valence-corrected chi connectivity index (χ0v) is 12.7. The van der Waals surface area contributed by atoms with Gasteiger partial charge < -0.3 is 9.84 Å². The maximum absolute atomic E-state index is 14.1. The van der Waals surface area contributed by atoms with E-state index in [1.54, 1.807) is 30.3 Å². The predicted octanol–water partition coefficient (Wildman–Crippen LogP) is 3.33. The van der Waals surface area contributed by atoms with Crippen molar-refractivity contribution in [3.05, 3.63) is 64.7 Å². The van der Waals surface area contributed by atoms with Crippen LogP contribution < -0.4 is 4.74 Å². The summed E-state index contributed by atoms with van der Waals surface area (Å²) in [6.07, 6.45) is 0. The van der Waals surface area contributed by atoms with Crippen molar-refractivity contribution in [1.82, 2.24) is 5.12 Å². The Labute approximate surface area is 136 Å². The maximum atomic E-state index is 14.1. The lowest BCUT2D eigenvalue weighted by Crippen LogP contribution is -2.23. The van der Waals surface area contributed by atoms with Crippen molar-refractivity contribution in [2.24, 2.45) is 0 Å². The maximum Gasteiger partial charge on any atom is 0.341 e. The van der Waals surface area contributed by atoms with Gasteiger partial charge in [-0.3, -0.25) is 4.79 Å². The molecule has 0 saturated carbocycles. The van der Waals surface area contributed by atoms with E-state index in [0.29, 0.717) is 5.56 Å². The Hall–Kier alpha value is -2.60. The molecule has 0 aliphatic carbocycles. The predicted molar refractivity (Wildman–Crippen MR) is 82.0 cm³/mol. The van der Waals surface area contributed by atoms with E-state index in [-0.39, 0.29) is 28.0 Å². The molecular formula is C16H13ClFNO4. The van der Waals surface area contributed by atoms with Crippen molar-refractivity contribution in [2.75, 3.05) is 6.61 Å². The molecule has 0 heterocycles. The lowest BCUT2D eigenvalue weighted by atomic mass is 10.1. The van der Waals surface area contributed by atoms with Crippen molar-refractivity contribution in [3.63, 3.8) is 0 Å². The Morgan fingerprint density at radius 3 is 2.52 bits per heavy atom. The van der Waals surface area contributed by atoms with Crippen molar-refractivity contribution >= 4 is 23.5 Å². The third-order valence-electron chi connectivity index (χ3n) is 2.91. The van der Waals surface area contributed by atoms with Crippen LogP contribution in [0.25, 0.3) is 0 Å². The first-order valence-corrected chi connectivity index (χ1v) is 7.01. The molecule has 2 aromatic rings. The average Bonchev–Trinajstić information content (AvgIpc) is 2.53. The lowest BCUT2D eigenvalue weighted by Gasteiger charge is -2.15. The van der Waals surface area contributed by atoms with Crippen LogP contribution in [0.1, 0.15) is 15.9 Å². The number of hydrogen-bond donors (Lipinski definition) is 1. The van der Waals surface area contributed by atoms with Gasteiger partial charge in [0.2, 0.25) is 0 Å². The van der Waals surface area contributed by atoms with E-state index in [0.717, 1.165) is 0 Å². The van der Waals surface area contributed by atoms with E-state index in [1.807, 2.05) is 0 Å². The quantitative estimate of drug-likeness (QED) is 0.821. The number of amides is 1. The van der Waals surface area contributed by atoms with Crippen LogP contribution in [-0.2, 0) is 11.3 Å². The first kappa shape index (κ1) is 16.8. The summed E-state index contributed by atoms with van der Waals surface area (Å²) >= 11 is 5.80. The smallest absolute Gasteiger partial charge is 0.341 e. The third kappa shape index (κ3) is 4.69. The number of nitrogens with zero attached hydrogens (tertiary/aromatic N) is 1. The molecular weight excluding hydrogens is 325 g/mol. The number of hydrogen-bond acceptors (Lipinski definition) is 3. The van der Waals surface area contributed by atoms with Crippen LogP contribution in [0.5, 0.6) is 5.75 Å². The number of halogens is 2. The Morgan fingerprint density at radius 2 is 1.87 bits per heavy atom. The normalized spacial score (nSPS) is 10.2. The second kappa shape index (κ2) is 7.60. The highest BCUT2D eigenvalue weighted by Crippen LogP contribution is 2.25. The van der Waals surface area contributed by atoms with Crippen LogP contribution in [0.4, 0.5) is 4.48 Å². The summed E-state index contributed by atoms with van der Waals surface area (Å²) in [5.41, 5.74) is 0.513. The summed E-state index contributed by atoms with van der Waals surface area (Å²) < 4.78 is 19.1. The Balaban J connectivity index is 2.18. The molecule has 0 radical (unpaired) electrons. The van der Waals surface area contributed by atoms with Crippen LogP contribution in [-0.4, -0.2) is 28.7 Å². The van der Waals surface area contributed by atoms with E-state index in [9.17, 15) is 14.1 Å². The van der Waals surface area contributed by atoms with E-state index >= 15 is 0 Å². The summed E-state index contributed by atoms with van der Waals surface area (Å²) in [5.74, 6) is -2.24. The van der Waals surface area contributed by atoms with Crippen molar-refractivity contribution < 1.29 is 23.9 Å². The summed E-state index contributed by atoms with van der Waals surface area (Å²) in [6, 6.07) is 12.6. The fourth-order valence-electron chi connectivity index (χ4n) is 1.88. The molecule has 0 fully saturated rings. The molecule has 120 valence electrons. The molecule has 0 unspecified atom stereocenters. The van der Waals surface area contributed by atoms with Crippen LogP contribution in [0.15, 0.2) is 48.5 Å². The molecule has 0 aliphatic heterocycles. The molecule has 0 atom stereocenters. The molecule has 5 nitrogen and oxygen atoms in total. The summed E-state index contributed by atoms with van der Waals surface area (Å²) in [4.78, 5) is 22.8. The molecule has 1 N–H and O–H groups in total. The first-order valence-electron chi connectivity index (χ1n) is 6.63. The number of rotatable bonds is 6. The zero-order chi connectivity index (χ0) is 16.8. The van der Waals surface area contributed by atoms with Gasteiger partial charge in [-0.05, 0) is 23.8 Å². The van der Waals surface area contributed by atoms with Crippen molar-refractivity contribution in [1.29, 1.82) is 0 Å². The third-order valence-corrected chi connectivity index (χ3v) is 3.14. The van der Waals surface area contributed by atoms with Gasteiger partial charge in [-0.2, -0.15) is 5.12 Å². The Kier molecular flexibility index (Phi) is 5.54. The molecule has 0 aromatic heterocycles. The Morgan fingerprint density at radius 1 is 1.17 bits per heavy atom. The summed E-state index contributed by atoms with van der Waals surface area (Å²) in [6.45, 7) is -0.897. The molecule has 23 heavy (non-hydrogen) atoms. The second-order valence-corrected chi connectivity index (χ2v) is 5.07.